The van der Waals surface area contributed by atoms with E-state index in [0.717, 1.165) is 17.0 Å². The van der Waals surface area contributed by atoms with Gasteiger partial charge in [0.15, 0.2) is 0 Å². The highest BCUT2D eigenvalue weighted by Gasteiger charge is 2.08. The van der Waals surface area contributed by atoms with Crippen LogP contribution in [-0.4, -0.2) is 14.2 Å². The molecule has 0 saturated carbocycles. The van der Waals surface area contributed by atoms with Gasteiger partial charge in [-0.15, -0.1) is 0 Å². The van der Waals surface area contributed by atoms with E-state index in [-0.39, 0.29) is 0 Å². The second kappa shape index (κ2) is 5.98. The van der Waals surface area contributed by atoms with Gasteiger partial charge in [-0.25, -0.2) is 0 Å². The van der Waals surface area contributed by atoms with Crippen LogP contribution >= 0.6 is 0 Å². The van der Waals surface area contributed by atoms with Crippen molar-refractivity contribution in [3.05, 3.63) is 53.6 Å². The summed E-state index contributed by atoms with van der Waals surface area (Å²) in [5, 5.41) is 8.81. The van der Waals surface area contributed by atoms with Gasteiger partial charge in [0.05, 0.1) is 18.7 Å². The van der Waals surface area contributed by atoms with Gasteiger partial charge >= 0.3 is 0 Å². The van der Waals surface area contributed by atoms with Crippen LogP contribution in [0, 0.1) is 11.3 Å². The Morgan fingerprint density at radius 1 is 1.20 bits per heavy atom. The number of anilines is 2. The Morgan fingerprint density at radius 2 is 1.90 bits per heavy atom. The molecule has 2 aromatic carbocycles. The van der Waals surface area contributed by atoms with E-state index in [0.29, 0.717) is 17.8 Å². The second-order valence-corrected chi connectivity index (χ2v) is 4.59. The van der Waals surface area contributed by atoms with Gasteiger partial charge in [-0.3, -0.25) is 0 Å². The molecule has 0 heterocycles. The van der Waals surface area contributed by atoms with Crippen molar-refractivity contribution in [1.82, 2.24) is 0 Å². The fourth-order valence-corrected chi connectivity index (χ4v) is 2.06. The zero-order valence-corrected chi connectivity index (χ0v) is 11.6. The number of methoxy groups -OCH3 is 1. The highest BCUT2D eigenvalue weighted by molar-refractivity contribution is 5.53. The molecule has 0 spiro atoms. The molecule has 0 aliphatic rings. The van der Waals surface area contributed by atoms with E-state index in [1.807, 2.05) is 49.5 Å². The lowest BCUT2D eigenvalue weighted by molar-refractivity contribution is 0.409. The SMILES string of the molecule is COc1ccc(N)cc1CN(C)c1ccc(C#N)cc1. The van der Waals surface area contributed by atoms with Crippen LogP contribution in [0.5, 0.6) is 5.75 Å². The molecule has 0 bridgehead atoms. The summed E-state index contributed by atoms with van der Waals surface area (Å²) in [6, 6.07) is 15.2. The summed E-state index contributed by atoms with van der Waals surface area (Å²) < 4.78 is 5.35. The predicted molar refractivity (Wildman–Crippen MR) is 80.7 cm³/mol. The lowest BCUT2D eigenvalue weighted by atomic mass is 10.1. The lowest BCUT2D eigenvalue weighted by Crippen LogP contribution is -2.17. The molecular weight excluding hydrogens is 250 g/mol. The van der Waals surface area contributed by atoms with E-state index in [9.17, 15) is 0 Å². The summed E-state index contributed by atoms with van der Waals surface area (Å²) in [4.78, 5) is 2.08. The maximum atomic E-state index is 8.81. The maximum absolute atomic E-state index is 8.81. The molecule has 0 aromatic heterocycles. The molecule has 2 aromatic rings. The van der Waals surface area contributed by atoms with Crippen LogP contribution in [0.15, 0.2) is 42.5 Å². The number of ether oxygens (including phenoxy) is 1. The smallest absolute Gasteiger partial charge is 0.123 e. The molecule has 2 rings (SSSR count). The molecule has 102 valence electrons. The molecule has 0 aliphatic heterocycles. The molecule has 0 saturated heterocycles. The van der Waals surface area contributed by atoms with Gasteiger partial charge in [0, 0.05) is 30.5 Å². The Hall–Kier alpha value is -2.67. The third kappa shape index (κ3) is 3.01. The molecule has 0 amide bonds. The minimum atomic E-state index is 0.656. The summed E-state index contributed by atoms with van der Waals surface area (Å²) in [5.41, 5.74) is 9.26. The number of nitrogens with zero attached hydrogens (tertiary/aromatic N) is 2. The van der Waals surface area contributed by atoms with E-state index >= 15 is 0 Å². The van der Waals surface area contributed by atoms with Crippen molar-refractivity contribution in [3.63, 3.8) is 0 Å². The number of nitrogen functional groups attached to an aromatic ring is 1. The summed E-state index contributed by atoms with van der Waals surface area (Å²) in [6.07, 6.45) is 0. The van der Waals surface area contributed by atoms with Crippen molar-refractivity contribution in [3.8, 4) is 11.8 Å². The molecule has 2 N–H and O–H groups in total. The van der Waals surface area contributed by atoms with Crippen LogP contribution in [0.4, 0.5) is 11.4 Å². The largest absolute Gasteiger partial charge is 0.496 e. The van der Waals surface area contributed by atoms with Crippen molar-refractivity contribution in [1.29, 1.82) is 5.26 Å². The zero-order valence-electron chi connectivity index (χ0n) is 11.6. The van der Waals surface area contributed by atoms with E-state index in [1.54, 1.807) is 7.11 Å². The molecule has 0 aliphatic carbocycles. The van der Waals surface area contributed by atoms with Crippen LogP contribution in [0.25, 0.3) is 0 Å². The normalized spacial score (nSPS) is 9.85. The molecule has 0 fully saturated rings. The zero-order chi connectivity index (χ0) is 14.5. The molecule has 4 nitrogen and oxygen atoms in total. The third-order valence-electron chi connectivity index (χ3n) is 3.15. The molecular formula is C16H17N3O. The maximum Gasteiger partial charge on any atom is 0.123 e. The molecule has 0 atom stereocenters. The van der Waals surface area contributed by atoms with Crippen LogP contribution < -0.4 is 15.4 Å². The first-order valence-electron chi connectivity index (χ1n) is 6.27. The third-order valence-corrected chi connectivity index (χ3v) is 3.15. The molecule has 4 heteroatoms. The van der Waals surface area contributed by atoms with Crippen LogP contribution in [-0.2, 0) is 6.54 Å². The fourth-order valence-electron chi connectivity index (χ4n) is 2.06. The van der Waals surface area contributed by atoms with Gasteiger partial charge in [-0.05, 0) is 42.5 Å². The number of benzene rings is 2. The Labute approximate surface area is 119 Å². The summed E-state index contributed by atoms with van der Waals surface area (Å²) >= 11 is 0. The van der Waals surface area contributed by atoms with Crippen LogP contribution in [0.1, 0.15) is 11.1 Å². The Balaban J connectivity index is 2.20. The van der Waals surface area contributed by atoms with Crippen molar-refractivity contribution in [2.75, 3.05) is 24.8 Å². The number of nitrogens with two attached hydrogens (primary N) is 1. The van der Waals surface area contributed by atoms with Crippen molar-refractivity contribution in [2.45, 2.75) is 6.54 Å². The summed E-state index contributed by atoms with van der Waals surface area (Å²) in [6.45, 7) is 0.681. The molecule has 0 unspecified atom stereocenters. The van der Waals surface area contributed by atoms with E-state index in [2.05, 4.69) is 11.0 Å². The second-order valence-electron chi connectivity index (χ2n) is 4.59. The average Bonchev–Trinajstić information content (AvgIpc) is 2.47. The van der Waals surface area contributed by atoms with Crippen molar-refractivity contribution >= 4 is 11.4 Å². The number of hydrogen-bond donors (Lipinski definition) is 1. The number of nitriles is 1. The Kier molecular flexibility index (Phi) is 4.11. The monoisotopic (exact) mass is 267 g/mol. The van der Waals surface area contributed by atoms with E-state index in [1.165, 1.54) is 0 Å². The summed E-state index contributed by atoms with van der Waals surface area (Å²) in [7, 11) is 3.64. The quantitative estimate of drug-likeness (QED) is 0.865. The summed E-state index contributed by atoms with van der Waals surface area (Å²) in [5.74, 6) is 0.819. The van der Waals surface area contributed by atoms with Gasteiger partial charge in [-0.2, -0.15) is 5.26 Å². The minimum absolute atomic E-state index is 0.656. The molecule has 0 radical (unpaired) electrons. The van der Waals surface area contributed by atoms with Crippen LogP contribution in [0.2, 0.25) is 0 Å². The topological polar surface area (TPSA) is 62.3 Å². The first kappa shape index (κ1) is 13.8. The predicted octanol–water partition coefficient (Wildman–Crippen LogP) is 2.79. The van der Waals surface area contributed by atoms with Crippen molar-refractivity contribution in [2.24, 2.45) is 0 Å². The van der Waals surface area contributed by atoms with Crippen molar-refractivity contribution < 1.29 is 4.74 Å². The van der Waals surface area contributed by atoms with Gasteiger partial charge in [0.25, 0.3) is 0 Å². The first-order valence-corrected chi connectivity index (χ1v) is 6.27. The molecule has 20 heavy (non-hydrogen) atoms. The lowest BCUT2D eigenvalue weighted by Gasteiger charge is -2.21. The van der Waals surface area contributed by atoms with Gasteiger partial charge in [0.1, 0.15) is 5.75 Å². The first-order chi connectivity index (χ1) is 9.63. The van der Waals surface area contributed by atoms with E-state index in [4.69, 9.17) is 15.7 Å². The highest BCUT2D eigenvalue weighted by Crippen LogP contribution is 2.24. The van der Waals surface area contributed by atoms with Gasteiger partial charge < -0.3 is 15.4 Å². The standard InChI is InChI=1S/C16H17N3O/c1-19(15-6-3-12(10-17)4-7-15)11-13-9-14(18)5-8-16(13)20-2/h3-9H,11,18H2,1-2H3. The van der Waals surface area contributed by atoms with Crippen LogP contribution in [0.3, 0.4) is 0 Å². The minimum Gasteiger partial charge on any atom is -0.496 e. The Morgan fingerprint density at radius 3 is 2.50 bits per heavy atom. The van der Waals surface area contributed by atoms with Gasteiger partial charge in [-0.1, -0.05) is 0 Å². The number of hydrogen-bond acceptors (Lipinski definition) is 4. The fraction of sp³-hybridized carbons (Fsp3) is 0.188. The highest BCUT2D eigenvalue weighted by atomic mass is 16.5. The number of rotatable bonds is 4. The average molecular weight is 267 g/mol. The Bertz CT molecular complexity index is 629. The van der Waals surface area contributed by atoms with Gasteiger partial charge in [0.2, 0.25) is 0 Å². The van der Waals surface area contributed by atoms with E-state index < -0.39 is 0 Å².